The topological polar surface area (TPSA) is 60.2 Å². The summed E-state index contributed by atoms with van der Waals surface area (Å²) in [5.74, 6) is -0.455. The van der Waals surface area contributed by atoms with E-state index in [-0.39, 0.29) is 23.7 Å². The lowest BCUT2D eigenvalue weighted by molar-refractivity contribution is -0.483. The van der Waals surface area contributed by atoms with Crippen molar-refractivity contribution in [2.45, 2.75) is 19.3 Å². The summed E-state index contributed by atoms with van der Waals surface area (Å²) in [6, 6.07) is 16.5. The SMILES string of the molecule is Cc1cccc(C(=O)C[C@@H](C[N+](=O)[O-])c2ccccc2)c1. The van der Waals surface area contributed by atoms with Crippen LogP contribution in [0.5, 0.6) is 0 Å². The van der Waals surface area contributed by atoms with Gasteiger partial charge in [0, 0.05) is 16.9 Å². The van der Waals surface area contributed by atoms with Crippen LogP contribution in [0.3, 0.4) is 0 Å². The van der Waals surface area contributed by atoms with Gasteiger partial charge in [-0.2, -0.15) is 0 Å². The monoisotopic (exact) mass is 283 g/mol. The number of rotatable bonds is 6. The summed E-state index contributed by atoms with van der Waals surface area (Å²) < 4.78 is 0. The molecule has 2 aromatic rings. The van der Waals surface area contributed by atoms with E-state index in [1.807, 2.05) is 55.5 Å². The molecule has 2 rings (SSSR count). The summed E-state index contributed by atoms with van der Waals surface area (Å²) in [6.07, 6.45) is 0.147. The number of aryl methyl sites for hydroxylation is 1. The summed E-state index contributed by atoms with van der Waals surface area (Å²) in [4.78, 5) is 22.8. The molecule has 0 saturated heterocycles. The fourth-order valence-electron chi connectivity index (χ4n) is 2.35. The molecule has 0 aliphatic rings. The molecule has 2 aromatic carbocycles. The Balaban J connectivity index is 2.19. The van der Waals surface area contributed by atoms with E-state index in [1.165, 1.54) is 0 Å². The van der Waals surface area contributed by atoms with Crippen LogP contribution in [-0.4, -0.2) is 17.3 Å². The van der Waals surface area contributed by atoms with E-state index in [1.54, 1.807) is 6.07 Å². The van der Waals surface area contributed by atoms with Crippen molar-refractivity contribution in [3.05, 3.63) is 81.4 Å². The molecule has 0 radical (unpaired) electrons. The molecule has 0 aliphatic heterocycles. The largest absolute Gasteiger partial charge is 0.294 e. The van der Waals surface area contributed by atoms with Crippen LogP contribution in [0, 0.1) is 17.0 Å². The maximum absolute atomic E-state index is 12.3. The molecule has 0 saturated carbocycles. The number of nitrogens with zero attached hydrogens (tertiary/aromatic N) is 1. The van der Waals surface area contributed by atoms with Gasteiger partial charge in [0.05, 0.1) is 5.92 Å². The Labute approximate surface area is 123 Å². The quantitative estimate of drug-likeness (QED) is 0.462. The zero-order valence-electron chi connectivity index (χ0n) is 11.9. The summed E-state index contributed by atoms with van der Waals surface area (Å²) in [6.45, 7) is 1.68. The highest BCUT2D eigenvalue weighted by Crippen LogP contribution is 2.22. The number of Topliss-reactive ketones (excluding diaryl/α,β-unsaturated/α-hetero) is 1. The summed E-state index contributed by atoms with van der Waals surface area (Å²) in [5, 5.41) is 10.8. The molecule has 0 N–H and O–H groups in total. The second-order valence-corrected chi connectivity index (χ2v) is 5.12. The van der Waals surface area contributed by atoms with E-state index in [0.717, 1.165) is 11.1 Å². The third kappa shape index (κ3) is 4.24. The Morgan fingerprint density at radius 2 is 1.86 bits per heavy atom. The molecule has 0 spiro atoms. The first-order valence-corrected chi connectivity index (χ1v) is 6.83. The van der Waals surface area contributed by atoms with Gasteiger partial charge in [-0.05, 0) is 18.6 Å². The Morgan fingerprint density at radius 3 is 2.48 bits per heavy atom. The molecule has 1 atom stereocenters. The highest BCUT2D eigenvalue weighted by Gasteiger charge is 2.22. The molecular weight excluding hydrogens is 266 g/mol. The van der Waals surface area contributed by atoms with E-state index in [2.05, 4.69) is 0 Å². The van der Waals surface area contributed by atoms with Crippen LogP contribution in [0.4, 0.5) is 0 Å². The van der Waals surface area contributed by atoms with Crippen LogP contribution in [0.2, 0.25) is 0 Å². The van der Waals surface area contributed by atoms with Crippen LogP contribution in [0.25, 0.3) is 0 Å². The number of nitro groups is 1. The smallest absolute Gasteiger partial charge is 0.211 e. The number of hydrogen-bond donors (Lipinski definition) is 0. The molecule has 0 aromatic heterocycles. The fourth-order valence-corrected chi connectivity index (χ4v) is 2.35. The third-order valence-corrected chi connectivity index (χ3v) is 3.41. The second kappa shape index (κ2) is 6.79. The zero-order chi connectivity index (χ0) is 15.2. The zero-order valence-corrected chi connectivity index (χ0v) is 11.9. The van der Waals surface area contributed by atoms with Crippen molar-refractivity contribution in [2.75, 3.05) is 6.54 Å². The van der Waals surface area contributed by atoms with Crippen LogP contribution in [0.15, 0.2) is 54.6 Å². The van der Waals surface area contributed by atoms with Crippen LogP contribution >= 0.6 is 0 Å². The molecule has 0 amide bonds. The highest BCUT2D eigenvalue weighted by atomic mass is 16.6. The van der Waals surface area contributed by atoms with Crippen LogP contribution in [-0.2, 0) is 0 Å². The first-order valence-electron chi connectivity index (χ1n) is 6.83. The maximum Gasteiger partial charge on any atom is 0.211 e. The molecule has 0 heterocycles. The Kier molecular flexibility index (Phi) is 4.82. The lowest BCUT2D eigenvalue weighted by atomic mass is 9.91. The Hall–Kier alpha value is -2.49. The number of ketones is 1. The summed E-state index contributed by atoms with van der Waals surface area (Å²) >= 11 is 0. The number of hydrogen-bond acceptors (Lipinski definition) is 3. The van der Waals surface area contributed by atoms with Gasteiger partial charge in [-0.25, -0.2) is 0 Å². The van der Waals surface area contributed by atoms with Gasteiger partial charge in [-0.15, -0.1) is 0 Å². The average Bonchev–Trinajstić information content (AvgIpc) is 2.47. The van der Waals surface area contributed by atoms with Crippen molar-refractivity contribution in [1.29, 1.82) is 0 Å². The van der Waals surface area contributed by atoms with E-state index < -0.39 is 5.92 Å². The fraction of sp³-hybridized carbons (Fsp3) is 0.235. The van der Waals surface area contributed by atoms with E-state index in [0.29, 0.717) is 5.56 Å². The molecule has 21 heavy (non-hydrogen) atoms. The molecule has 4 nitrogen and oxygen atoms in total. The molecule has 0 fully saturated rings. The van der Waals surface area contributed by atoms with Crippen LogP contribution in [0.1, 0.15) is 33.8 Å². The highest BCUT2D eigenvalue weighted by molar-refractivity contribution is 5.96. The van der Waals surface area contributed by atoms with Crippen molar-refractivity contribution in [3.63, 3.8) is 0 Å². The van der Waals surface area contributed by atoms with Crippen molar-refractivity contribution < 1.29 is 9.72 Å². The van der Waals surface area contributed by atoms with Gasteiger partial charge in [0.25, 0.3) is 0 Å². The van der Waals surface area contributed by atoms with Gasteiger partial charge in [0.1, 0.15) is 0 Å². The van der Waals surface area contributed by atoms with E-state index in [9.17, 15) is 14.9 Å². The van der Waals surface area contributed by atoms with Crippen molar-refractivity contribution in [2.24, 2.45) is 0 Å². The van der Waals surface area contributed by atoms with Gasteiger partial charge in [0.2, 0.25) is 6.54 Å². The Bertz CT molecular complexity index is 637. The van der Waals surface area contributed by atoms with Gasteiger partial charge in [0.15, 0.2) is 5.78 Å². The van der Waals surface area contributed by atoms with E-state index in [4.69, 9.17) is 0 Å². The third-order valence-electron chi connectivity index (χ3n) is 3.41. The predicted octanol–water partition coefficient (Wildman–Crippen LogP) is 3.63. The van der Waals surface area contributed by atoms with Gasteiger partial charge in [-0.1, -0.05) is 54.1 Å². The minimum atomic E-state index is -0.394. The predicted molar refractivity (Wildman–Crippen MR) is 81.2 cm³/mol. The number of carbonyl (C=O) groups excluding carboxylic acids is 1. The average molecular weight is 283 g/mol. The first kappa shape index (κ1) is 14.9. The first-order chi connectivity index (χ1) is 10.1. The van der Waals surface area contributed by atoms with Gasteiger partial charge in [-0.3, -0.25) is 14.9 Å². The minimum Gasteiger partial charge on any atom is -0.294 e. The molecule has 0 unspecified atom stereocenters. The lowest BCUT2D eigenvalue weighted by Gasteiger charge is -2.12. The summed E-state index contributed by atoms with van der Waals surface area (Å²) in [7, 11) is 0. The molecule has 0 bridgehead atoms. The maximum atomic E-state index is 12.3. The Morgan fingerprint density at radius 1 is 1.14 bits per heavy atom. The molecule has 4 heteroatoms. The standard InChI is InChI=1S/C17H17NO3/c1-13-6-5-9-15(10-13)17(19)11-16(12-18(20)21)14-7-3-2-4-8-14/h2-10,16H,11-12H2,1H3/t16-/m0/s1. The molecule has 0 aliphatic carbocycles. The molecular formula is C17H17NO3. The van der Waals surface area contributed by atoms with Crippen molar-refractivity contribution in [1.82, 2.24) is 0 Å². The van der Waals surface area contributed by atoms with Gasteiger partial charge >= 0.3 is 0 Å². The summed E-state index contributed by atoms with van der Waals surface area (Å²) in [5.41, 5.74) is 2.45. The number of carbonyl (C=O) groups is 1. The minimum absolute atomic E-state index is 0.0607. The normalized spacial score (nSPS) is 11.9. The lowest BCUT2D eigenvalue weighted by Crippen LogP contribution is -2.16. The van der Waals surface area contributed by atoms with Crippen molar-refractivity contribution in [3.8, 4) is 0 Å². The number of benzene rings is 2. The second-order valence-electron chi connectivity index (χ2n) is 5.12. The molecule has 108 valence electrons. The van der Waals surface area contributed by atoms with Crippen LogP contribution < -0.4 is 0 Å². The van der Waals surface area contributed by atoms with E-state index >= 15 is 0 Å². The van der Waals surface area contributed by atoms with Gasteiger partial charge < -0.3 is 0 Å². The van der Waals surface area contributed by atoms with Crippen molar-refractivity contribution >= 4 is 5.78 Å².